The molecule has 0 atom stereocenters. The zero-order valence-electron chi connectivity index (χ0n) is 17.3. The van der Waals surface area contributed by atoms with Gasteiger partial charge in [-0.15, -0.1) is 11.8 Å². The van der Waals surface area contributed by atoms with Gasteiger partial charge in [-0.1, -0.05) is 49.8 Å². The zero-order chi connectivity index (χ0) is 21.8. The summed E-state index contributed by atoms with van der Waals surface area (Å²) in [5.41, 5.74) is 1.91. The van der Waals surface area contributed by atoms with Crippen LogP contribution in [-0.4, -0.2) is 23.6 Å². The summed E-state index contributed by atoms with van der Waals surface area (Å²) in [5, 5.41) is 3.47. The molecule has 1 aliphatic heterocycles. The van der Waals surface area contributed by atoms with Gasteiger partial charge in [0.05, 0.1) is 18.0 Å². The van der Waals surface area contributed by atoms with Gasteiger partial charge >= 0.3 is 0 Å². The molecule has 0 bridgehead atoms. The Balaban J connectivity index is 1.55. The maximum absolute atomic E-state index is 13.4. The summed E-state index contributed by atoms with van der Waals surface area (Å²) in [6.07, 6.45) is 8.06. The molecule has 7 heteroatoms. The van der Waals surface area contributed by atoms with E-state index >= 15 is 0 Å². The molecule has 164 valence electrons. The van der Waals surface area contributed by atoms with E-state index in [-0.39, 0.29) is 29.4 Å². The van der Waals surface area contributed by atoms with Gasteiger partial charge in [0.25, 0.3) is 5.91 Å². The van der Waals surface area contributed by atoms with Crippen molar-refractivity contribution in [2.75, 3.05) is 10.7 Å². The van der Waals surface area contributed by atoms with Crippen LogP contribution in [0.3, 0.4) is 0 Å². The van der Waals surface area contributed by atoms with E-state index in [2.05, 4.69) is 5.32 Å². The number of anilines is 1. The molecule has 1 N–H and O–H groups in total. The van der Waals surface area contributed by atoms with Gasteiger partial charge in [0, 0.05) is 21.5 Å². The lowest BCUT2D eigenvalue weighted by Gasteiger charge is -2.30. The first-order chi connectivity index (χ1) is 15.0. The van der Waals surface area contributed by atoms with E-state index < -0.39 is 5.82 Å². The predicted octanol–water partition coefficient (Wildman–Crippen LogP) is 5.96. The third-order valence-corrected chi connectivity index (χ3v) is 7.35. The molecule has 2 aromatic carbocycles. The molecule has 2 aromatic rings. The molecule has 1 saturated carbocycles. The van der Waals surface area contributed by atoms with Gasteiger partial charge in [0.15, 0.2) is 0 Å². The Morgan fingerprint density at radius 3 is 2.58 bits per heavy atom. The average molecular weight is 461 g/mol. The average Bonchev–Trinajstić information content (AvgIpc) is 2.73. The quantitative estimate of drug-likeness (QED) is 0.612. The molecular formula is C24H26ClFN2O2S. The molecule has 0 aromatic heterocycles. The lowest BCUT2D eigenvalue weighted by molar-refractivity contribution is -0.116. The van der Waals surface area contributed by atoms with Crippen LogP contribution >= 0.6 is 23.4 Å². The molecule has 0 spiro atoms. The van der Waals surface area contributed by atoms with Crippen molar-refractivity contribution in [3.05, 3.63) is 58.4 Å². The summed E-state index contributed by atoms with van der Waals surface area (Å²) >= 11 is 7.65. The number of rotatable bonds is 4. The fourth-order valence-electron chi connectivity index (χ4n) is 4.21. The summed E-state index contributed by atoms with van der Waals surface area (Å²) < 4.78 is 13.4. The maximum Gasteiger partial charge on any atom is 0.251 e. The number of carbonyl (C=O) groups excluding carboxylic acids is 2. The van der Waals surface area contributed by atoms with E-state index in [1.165, 1.54) is 43.2 Å². The highest BCUT2D eigenvalue weighted by Crippen LogP contribution is 2.37. The number of hydrogen-bond donors (Lipinski definition) is 1. The first kappa shape index (κ1) is 22.2. The largest absolute Gasteiger partial charge is 0.349 e. The number of nitrogens with one attached hydrogen (secondary N) is 1. The van der Waals surface area contributed by atoms with Gasteiger partial charge in [-0.25, -0.2) is 4.39 Å². The van der Waals surface area contributed by atoms with E-state index in [0.717, 1.165) is 30.6 Å². The van der Waals surface area contributed by atoms with Crippen molar-refractivity contribution in [1.29, 1.82) is 0 Å². The highest BCUT2D eigenvalue weighted by Gasteiger charge is 2.27. The first-order valence-electron chi connectivity index (χ1n) is 10.8. The molecule has 2 aliphatic rings. The number of amides is 2. The Kier molecular flexibility index (Phi) is 7.18. The number of thioether (sulfide) groups is 1. The minimum absolute atomic E-state index is 0.0598. The molecule has 0 radical (unpaired) electrons. The van der Waals surface area contributed by atoms with Crippen molar-refractivity contribution in [2.24, 2.45) is 0 Å². The van der Waals surface area contributed by atoms with E-state index in [1.54, 1.807) is 17.0 Å². The minimum atomic E-state index is -0.414. The molecular weight excluding hydrogens is 435 g/mol. The standard InChI is InChI=1S/C24H26ClFN2O2S/c25-20-13-18(26)10-8-17(20)14-28-21-12-16(9-11-22(21)31-15-23(28)29)24(30)27-19-6-4-2-1-3-5-7-19/h8-13,19H,1-7,14-15H2,(H,27,30). The molecule has 1 heterocycles. The van der Waals surface area contributed by atoms with Crippen molar-refractivity contribution < 1.29 is 14.0 Å². The second kappa shape index (κ2) is 10.0. The molecule has 31 heavy (non-hydrogen) atoms. The summed E-state index contributed by atoms with van der Waals surface area (Å²) in [4.78, 5) is 28.2. The summed E-state index contributed by atoms with van der Waals surface area (Å²) in [6, 6.07) is 9.90. The lowest BCUT2D eigenvalue weighted by Crippen LogP contribution is -2.37. The van der Waals surface area contributed by atoms with Crippen molar-refractivity contribution in [3.63, 3.8) is 0 Å². The third kappa shape index (κ3) is 5.42. The van der Waals surface area contributed by atoms with Crippen LogP contribution in [-0.2, 0) is 11.3 Å². The van der Waals surface area contributed by atoms with E-state index in [4.69, 9.17) is 11.6 Å². The Labute approximate surface area is 191 Å². The topological polar surface area (TPSA) is 49.4 Å². The molecule has 0 unspecified atom stereocenters. The normalized spacial score (nSPS) is 17.6. The smallest absolute Gasteiger partial charge is 0.251 e. The van der Waals surface area contributed by atoms with Crippen LogP contribution in [0.15, 0.2) is 41.3 Å². The number of nitrogens with zero attached hydrogens (tertiary/aromatic N) is 1. The van der Waals surface area contributed by atoms with Gasteiger partial charge in [-0.2, -0.15) is 0 Å². The Bertz CT molecular complexity index is 976. The van der Waals surface area contributed by atoms with E-state index in [1.807, 2.05) is 12.1 Å². The van der Waals surface area contributed by atoms with Gasteiger partial charge < -0.3 is 10.2 Å². The zero-order valence-corrected chi connectivity index (χ0v) is 18.9. The monoisotopic (exact) mass is 460 g/mol. The minimum Gasteiger partial charge on any atom is -0.349 e. The Morgan fingerprint density at radius 1 is 1.10 bits per heavy atom. The predicted molar refractivity (Wildman–Crippen MR) is 123 cm³/mol. The second-order valence-electron chi connectivity index (χ2n) is 8.20. The number of benzene rings is 2. The van der Waals surface area contributed by atoms with Gasteiger partial charge in [-0.05, 0) is 48.7 Å². The summed E-state index contributed by atoms with van der Waals surface area (Å²) in [7, 11) is 0. The van der Waals surface area contributed by atoms with E-state index in [9.17, 15) is 14.0 Å². The van der Waals surface area contributed by atoms with Crippen molar-refractivity contribution in [3.8, 4) is 0 Å². The van der Waals surface area contributed by atoms with Crippen LogP contribution in [0.1, 0.15) is 60.9 Å². The summed E-state index contributed by atoms with van der Waals surface area (Å²) in [5.74, 6) is -0.256. The van der Waals surface area contributed by atoms with Crippen LogP contribution in [0.25, 0.3) is 0 Å². The number of halogens is 2. The Hall–Kier alpha value is -2.05. The number of hydrogen-bond acceptors (Lipinski definition) is 3. The Morgan fingerprint density at radius 2 is 1.84 bits per heavy atom. The van der Waals surface area contributed by atoms with Crippen molar-refractivity contribution in [2.45, 2.75) is 62.4 Å². The van der Waals surface area contributed by atoms with E-state index in [0.29, 0.717) is 22.6 Å². The highest BCUT2D eigenvalue weighted by molar-refractivity contribution is 8.00. The number of carbonyl (C=O) groups is 2. The first-order valence-corrected chi connectivity index (χ1v) is 12.2. The van der Waals surface area contributed by atoms with Crippen LogP contribution in [0.5, 0.6) is 0 Å². The maximum atomic E-state index is 13.4. The number of fused-ring (bicyclic) bond motifs is 1. The molecule has 2 amide bonds. The van der Waals surface area contributed by atoms with Gasteiger partial charge in [0.2, 0.25) is 5.91 Å². The van der Waals surface area contributed by atoms with Crippen LogP contribution in [0.4, 0.5) is 10.1 Å². The molecule has 0 saturated heterocycles. The molecule has 4 rings (SSSR count). The summed E-state index contributed by atoms with van der Waals surface area (Å²) in [6.45, 7) is 0.235. The lowest BCUT2D eigenvalue weighted by atomic mass is 9.96. The fraction of sp³-hybridized carbons (Fsp3) is 0.417. The van der Waals surface area contributed by atoms with Crippen LogP contribution in [0.2, 0.25) is 5.02 Å². The van der Waals surface area contributed by atoms with Crippen molar-refractivity contribution >= 4 is 40.9 Å². The third-order valence-electron chi connectivity index (χ3n) is 5.95. The SMILES string of the molecule is O=C(NC1CCCCCCC1)c1ccc2c(c1)N(Cc1ccc(F)cc1Cl)C(=O)CS2. The van der Waals surface area contributed by atoms with Gasteiger partial charge in [-0.3, -0.25) is 9.59 Å². The van der Waals surface area contributed by atoms with Crippen LogP contribution in [0, 0.1) is 5.82 Å². The second-order valence-corrected chi connectivity index (χ2v) is 9.63. The van der Waals surface area contributed by atoms with Gasteiger partial charge in [0.1, 0.15) is 5.82 Å². The molecule has 4 nitrogen and oxygen atoms in total. The van der Waals surface area contributed by atoms with Crippen LogP contribution < -0.4 is 10.2 Å². The fourth-order valence-corrected chi connectivity index (χ4v) is 5.35. The molecule has 1 fully saturated rings. The highest BCUT2D eigenvalue weighted by atomic mass is 35.5. The van der Waals surface area contributed by atoms with Crippen molar-refractivity contribution in [1.82, 2.24) is 5.32 Å². The molecule has 1 aliphatic carbocycles.